The summed E-state index contributed by atoms with van der Waals surface area (Å²) in [6.45, 7) is 6.04. The first kappa shape index (κ1) is 21.6. The molecule has 0 saturated carbocycles. The second-order valence-electron chi connectivity index (χ2n) is 7.35. The summed E-state index contributed by atoms with van der Waals surface area (Å²) in [6.07, 6.45) is 1.98. The van der Waals surface area contributed by atoms with E-state index < -0.39 is 15.3 Å². The van der Waals surface area contributed by atoms with Crippen molar-refractivity contribution in [1.82, 2.24) is 13.8 Å². The summed E-state index contributed by atoms with van der Waals surface area (Å²) >= 11 is 0. The Morgan fingerprint density at radius 1 is 1.14 bits per heavy atom. The van der Waals surface area contributed by atoms with E-state index in [-0.39, 0.29) is 12.5 Å². The molecule has 1 aliphatic rings. The van der Waals surface area contributed by atoms with E-state index in [0.29, 0.717) is 38.5 Å². The van der Waals surface area contributed by atoms with Crippen molar-refractivity contribution in [3.05, 3.63) is 30.5 Å². The lowest BCUT2D eigenvalue weighted by molar-refractivity contribution is -0.134. The molecule has 0 atom stereocenters. The number of carbonyl (C=O) groups excluding carboxylic acids is 1. The lowest BCUT2D eigenvalue weighted by Crippen LogP contribution is -2.52. The Morgan fingerprint density at radius 3 is 2.52 bits per heavy atom. The predicted molar refractivity (Wildman–Crippen MR) is 112 cm³/mol. The van der Waals surface area contributed by atoms with Crippen molar-refractivity contribution in [2.24, 2.45) is 0 Å². The van der Waals surface area contributed by atoms with Gasteiger partial charge in [-0.2, -0.15) is 4.31 Å². The molecule has 160 valence electrons. The predicted octanol–water partition coefficient (Wildman–Crippen LogP) is 1.55. The van der Waals surface area contributed by atoms with Gasteiger partial charge in [-0.15, -0.1) is 0 Å². The molecule has 1 aliphatic heterocycles. The van der Waals surface area contributed by atoms with Gasteiger partial charge in [-0.3, -0.25) is 4.79 Å². The van der Waals surface area contributed by atoms with Gasteiger partial charge >= 0.3 is 0 Å². The number of carbonyl (C=O) groups is 1. The summed E-state index contributed by atoms with van der Waals surface area (Å²) in [7, 11) is -1.61. The summed E-state index contributed by atoms with van der Waals surface area (Å²) in [5.74, 6) is 0.524. The molecule has 2 heterocycles. The van der Waals surface area contributed by atoms with Crippen LogP contribution in [0.25, 0.3) is 10.9 Å². The lowest BCUT2D eigenvalue weighted by Gasteiger charge is -2.34. The SMILES string of the molecule is COCCn1ccc2c(OCC(=O)N3CCN(S(=O)(=O)C(C)C)CC3)cccc21. The molecule has 0 radical (unpaired) electrons. The zero-order valence-electron chi connectivity index (χ0n) is 17.2. The number of ether oxygens (including phenoxy) is 2. The summed E-state index contributed by atoms with van der Waals surface area (Å²) < 4.78 is 39.0. The van der Waals surface area contributed by atoms with Crippen LogP contribution < -0.4 is 4.74 Å². The van der Waals surface area contributed by atoms with E-state index in [1.807, 2.05) is 30.5 Å². The number of methoxy groups -OCH3 is 1. The second-order valence-corrected chi connectivity index (χ2v) is 9.84. The fraction of sp³-hybridized carbons (Fsp3) is 0.550. The van der Waals surface area contributed by atoms with Gasteiger partial charge in [-0.25, -0.2) is 8.42 Å². The number of aromatic nitrogens is 1. The highest BCUT2D eigenvalue weighted by Crippen LogP contribution is 2.26. The third kappa shape index (κ3) is 4.73. The van der Waals surface area contributed by atoms with Gasteiger partial charge in [0.1, 0.15) is 5.75 Å². The molecular formula is C20H29N3O5S. The third-order valence-corrected chi connectivity index (χ3v) is 7.48. The van der Waals surface area contributed by atoms with Crippen LogP contribution in [0.5, 0.6) is 5.75 Å². The fourth-order valence-corrected chi connectivity index (χ4v) is 4.70. The van der Waals surface area contributed by atoms with E-state index in [4.69, 9.17) is 9.47 Å². The number of sulfonamides is 1. The van der Waals surface area contributed by atoms with Crippen molar-refractivity contribution in [1.29, 1.82) is 0 Å². The molecule has 0 unspecified atom stereocenters. The molecule has 29 heavy (non-hydrogen) atoms. The number of fused-ring (bicyclic) bond motifs is 1. The van der Waals surface area contributed by atoms with Gasteiger partial charge in [0.25, 0.3) is 5.91 Å². The molecule has 9 heteroatoms. The van der Waals surface area contributed by atoms with E-state index in [1.165, 1.54) is 4.31 Å². The van der Waals surface area contributed by atoms with Gasteiger partial charge in [0, 0.05) is 51.4 Å². The van der Waals surface area contributed by atoms with Crippen LogP contribution in [-0.2, 0) is 26.1 Å². The van der Waals surface area contributed by atoms with Crippen LogP contribution in [0.2, 0.25) is 0 Å². The van der Waals surface area contributed by atoms with Crippen molar-refractivity contribution < 1.29 is 22.7 Å². The Morgan fingerprint density at radius 2 is 1.86 bits per heavy atom. The number of hydrogen-bond donors (Lipinski definition) is 0. The normalized spacial score (nSPS) is 15.9. The van der Waals surface area contributed by atoms with Crippen LogP contribution in [0.3, 0.4) is 0 Å². The van der Waals surface area contributed by atoms with Crippen molar-refractivity contribution in [2.75, 3.05) is 46.5 Å². The zero-order chi connectivity index (χ0) is 21.0. The van der Waals surface area contributed by atoms with Crippen molar-refractivity contribution in [3.8, 4) is 5.75 Å². The van der Waals surface area contributed by atoms with Crippen LogP contribution in [0.4, 0.5) is 0 Å². The highest BCUT2D eigenvalue weighted by atomic mass is 32.2. The maximum atomic E-state index is 12.6. The fourth-order valence-electron chi connectivity index (χ4n) is 3.43. The minimum absolute atomic E-state index is 0.0701. The number of amides is 1. The maximum Gasteiger partial charge on any atom is 0.260 e. The van der Waals surface area contributed by atoms with Crippen molar-refractivity contribution >= 4 is 26.8 Å². The zero-order valence-corrected chi connectivity index (χ0v) is 18.0. The smallest absolute Gasteiger partial charge is 0.260 e. The summed E-state index contributed by atoms with van der Waals surface area (Å²) in [5.41, 5.74) is 1.03. The van der Waals surface area contributed by atoms with E-state index in [1.54, 1.807) is 25.9 Å². The average molecular weight is 424 g/mol. The highest BCUT2D eigenvalue weighted by Gasteiger charge is 2.30. The van der Waals surface area contributed by atoms with Crippen LogP contribution >= 0.6 is 0 Å². The first-order valence-electron chi connectivity index (χ1n) is 9.81. The summed E-state index contributed by atoms with van der Waals surface area (Å²) in [4.78, 5) is 14.2. The number of nitrogens with zero attached hydrogens (tertiary/aromatic N) is 3. The molecule has 1 amide bonds. The van der Waals surface area contributed by atoms with Gasteiger partial charge < -0.3 is 18.9 Å². The minimum atomic E-state index is -3.28. The number of rotatable bonds is 8. The minimum Gasteiger partial charge on any atom is -0.483 e. The molecule has 1 aromatic heterocycles. The van der Waals surface area contributed by atoms with E-state index in [2.05, 4.69) is 4.57 Å². The van der Waals surface area contributed by atoms with E-state index in [0.717, 1.165) is 17.4 Å². The second kappa shape index (κ2) is 9.15. The van der Waals surface area contributed by atoms with Crippen LogP contribution in [0.1, 0.15) is 13.8 Å². The van der Waals surface area contributed by atoms with Crippen molar-refractivity contribution in [2.45, 2.75) is 25.6 Å². The van der Waals surface area contributed by atoms with Crippen LogP contribution in [0.15, 0.2) is 30.5 Å². The largest absolute Gasteiger partial charge is 0.483 e. The van der Waals surface area contributed by atoms with Gasteiger partial charge in [0.15, 0.2) is 6.61 Å². The van der Waals surface area contributed by atoms with E-state index in [9.17, 15) is 13.2 Å². The topological polar surface area (TPSA) is 81.1 Å². The van der Waals surface area contributed by atoms with Crippen LogP contribution in [0, 0.1) is 0 Å². The van der Waals surface area contributed by atoms with Gasteiger partial charge in [0.05, 0.1) is 17.4 Å². The quantitative estimate of drug-likeness (QED) is 0.644. The molecular weight excluding hydrogens is 394 g/mol. The molecule has 0 N–H and O–H groups in total. The average Bonchev–Trinajstić information content (AvgIpc) is 3.14. The molecule has 2 aromatic rings. The lowest BCUT2D eigenvalue weighted by atomic mass is 10.2. The molecule has 0 bridgehead atoms. The Bertz CT molecular complexity index is 946. The number of benzene rings is 1. The third-order valence-electron chi connectivity index (χ3n) is 5.21. The molecule has 3 rings (SSSR count). The molecule has 1 saturated heterocycles. The maximum absolute atomic E-state index is 12.6. The highest BCUT2D eigenvalue weighted by molar-refractivity contribution is 7.89. The molecule has 1 fully saturated rings. The summed E-state index contributed by atoms with van der Waals surface area (Å²) in [6, 6.07) is 7.73. The molecule has 1 aromatic carbocycles. The first-order valence-corrected chi connectivity index (χ1v) is 11.3. The summed E-state index contributed by atoms with van der Waals surface area (Å²) in [5, 5.41) is 0.494. The molecule has 0 spiro atoms. The number of hydrogen-bond acceptors (Lipinski definition) is 5. The molecule has 8 nitrogen and oxygen atoms in total. The Hall–Kier alpha value is -2.10. The Kier molecular flexibility index (Phi) is 6.81. The standard InChI is InChI=1S/C20H29N3O5S/c1-16(2)29(25,26)23-11-9-22(10-12-23)20(24)15-28-19-6-4-5-18-17(19)7-8-21(18)13-14-27-3/h4-8,16H,9-15H2,1-3H3. The number of piperazine rings is 1. The van der Waals surface area contributed by atoms with Gasteiger partial charge in [-0.1, -0.05) is 6.07 Å². The Balaban J connectivity index is 1.58. The monoisotopic (exact) mass is 423 g/mol. The first-order chi connectivity index (χ1) is 13.8. The van der Waals surface area contributed by atoms with E-state index >= 15 is 0 Å². The Labute approximate surface area is 172 Å². The van der Waals surface area contributed by atoms with Gasteiger partial charge in [-0.05, 0) is 32.0 Å². The molecule has 0 aliphatic carbocycles. The van der Waals surface area contributed by atoms with Gasteiger partial charge in [0.2, 0.25) is 10.0 Å². The van der Waals surface area contributed by atoms with Crippen molar-refractivity contribution in [3.63, 3.8) is 0 Å². The van der Waals surface area contributed by atoms with Crippen LogP contribution in [-0.4, -0.2) is 79.8 Å².